The molecule has 1 fully saturated rings. The molecule has 0 spiro atoms. The Bertz CT molecular complexity index is 833. The molecule has 0 amide bonds. The number of aliphatic hydroxyl groups excluding tert-OH is 1. The van der Waals surface area contributed by atoms with E-state index in [4.69, 9.17) is 14.2 Å². The predicted molar refractivity (Wildman–Crippen MR) is 111 cm³/mol. The highest BCUT2D eigenvalue weighted by Gasteiger charge is 2.31. The lowest BCUT2D eigenvalue weighted by Crippen LogP contribution is -2.49. The molecule has 6 nitrogen and oxygen atoms in total. The maximum Gasteiger partial charge on any atom is 0.416 e. The largest absolute Gasteiger partial charge is 0.493 e. The van der Waals surface area contributed by atoms with E-state index >= 15 is 0 Å². The molecule has 0 aliphatic carbocycles. The van der Waals surface area contributed by atoms with Gasteiger partial charge in [-0.3, -0.25) is 4.90 Å². The first-order valence-electron chi connectivity index (χ1n) is 9.98. The van der Waals surface area contributed by atoms with Crippen LogP contribution in [0.1, 0.15) is 5.56 Å². The number of β-amino-alcohol motifs (C(OH)–C–C–N with tert-alkyl or cyclic N) is 1. The van der Waals surface area contributed by atoms with Gasteiger partial charge in [-0.25, -0.2) is 0 Å². The number of benzene rings is 2. The molecule has 1 heterocycles. The highest BCUT2D eigenvalue weighted by Crippen LogP contribution is 2.37. The molecule has 2 aromatic carbocycles. The van der Waals surface area contributed by atoms with Gasteiger partial charge in [0.15, 0.2) is 11.5 Å². The minimum atomic E-state index is -4.36. The standard InChI is InChI=1S/C22H27F3N2O4/c1-29-19-7-4-8-20(30-2)21(19)31-15-18(28)14-26-9-11-27(12-10-26)17-6-3-5-16(13-17)22(23,24)25/h3-8,13,18,28H,9-12,14-15H2,1-2H3/t18-/m1/s1. The van der Waals surface area contributed by atoms with E-state index in [2.05, 4.69) is 4.90 Å². The SMILES string of the molecule is COc1cccc(OC)c1OC[C@H](O)CN1CCN(c2cccc(C(F)(F)F)c2)CC1. The minimum absolute atomic E-state index is 0.0601. The summed E-state index contributed by atoms with van der Waals surface area (Å²) in [5.41, 5.74) is -0.0895. The fraction of sp³-hybridized carbons (Fsp3) is 0.455. The van der Waals surface area contributed by atoms with Gasteiger partial charge in [-0.2, -0.15) is 13.2 Å². The molecule has 170 valence electrons. The molecule has 3 rings (SSSR count). The first-order chi connectivity index (χ1) is 14.8. The van der Waals surface area contributed by atoms with Gasteiger partial charge in [0.05, 0.1) is 19.8 Å². The molecule has 1 saturated heterocycles. The van der Waals surface area contributed by atoms with Crippen LogP contribution in [0.15, 0.2) is 42.5 Å². The zero-order chi connectivity index (χ0) is 22.4. The van der Waals surface area contributed by atoms with Crippen molar-refractivity contribution in [2.75, 3.05) is 58.5 Å². The number of nitrogens with zero attached hydrogens (tertiary/aromatic N) is 2. The van der Waals surface area contributed by atoms with Crippen molar-refractivity contribution in [1.82, 2.24) is 4.90 Å². The summed E-state index contributed by atoms with van der Waals surface area (Å²) in [4.78, 5) is 3.99. The van der Waals surface area contributed by atoms with E-state index in [0.29, 0.717) is 55.7 Å². The van der Waals surface area contributed by atoms with Crippen LogP contribution in [0.3, 0.4) is 0 Å². The summed E-state index contributed by atoms with van der Waals surface area (Å²) < 4.78 is 55.2. The molecule has 0 bridgehead atoms. The second kappa shape index (κ2) is 10.1. The van der Waals surface area contributed by atoms with Gasteiger partial charge >= 0.3 is 6.18 Å². The first-order valence-corrected chi connectivity index (χ1v) is 9.98. The lowest BCUT2D eigenvalue weighted by molar-refractivity contribution is -0.137. The molecule has 1 atom stereocenters. The van der Waals surface area contributed by atoms with Crippen molar-refractivity contribution in [3.05, 3.63) is 48.0 Å². The number of rotatable bonds is 8. The van der Waals surface area contributed by atoms with Crippen LogP contribution in [0.4, 0.5) is 18.9 Å². The molecule has 31 heavy (non-hydrogen) atoms. The summed E-state index contributed by atoms with van der Waals surface area (Å²) in [6.07, 6.45) is -5.10. The Labute approximate surface area is 179 Å². The average Bonchev–Trinajstić information content (AvgIpc) is 2.77. The molecule has 0 unspecified atom stereocenters. The molecule has 1 N–H and O–H groups in total. The van der Waals surface area contributed by atoms with Crippen molar-refractivity contribution >= 4 is 5.69 Å². The van der Waals surface area contributed by atoms with Crippen LogP contribution >= 0.6 is 0 Å². The number of ether oxygens (including phenoxy) is 3. The highest BCUT2D eigenvalue weighted by molar-refractivity contribution is 5.51. The fourth-order valence-corrected chi connectivity index (χ4v) is 3.56. The van der Waals surface area contributed by atoms with Gasteiger partial charge in [0.2, 0.25) is 5.75 Å². The molecule has 0 saturated carbocycles. The third-order valence-electron chi connectivity index (χ3n) is 5.18. The van der Waals surface area contributed by atoms with Gasteiger partial charge in [0.1, 0.15) is 12.7 Å². The first kappa shape index (κ1) is 23.0. The number of hydrogen-bond acceptors (Lipinski definition) is 6. The number of methoxy groups -OCH3 is 2. The van der Waals surface area contributed by atoms with Crippen molar-refractivity contribution in [3.63, 3.8) is 0 Å². The van der Waals surface area contributed by atoms with Gasteiger partial charge < -0.3 is 24.2 Å². The highest BCUT2D eigenvalue weighted by atomic mass is 19.4. The van der Waals surface area contributed by atoms with E-state index in [0.717, 1.165) is 6.07 Å². The van der Waals surface area contributed by atoms with Gasteiger partial charge in [0, 0.05) is 38.4 Å². The van der Waals surface area contributed by atoms with Crippen LogP contribution in [0, 0.1) is 0 Å². The normalized spacial score (nSPS) is 16.1. The van der Waals surface area contributed by atoms with Crippen molar-refractivity contribution < 1.29 is 32.5 Å². The molecule has 9 heteroatoms. The van der Waals surface area contributed by atoms with E-state index in [1.54, 1.807) is 24.3 Å². The average molecular weight is 440 g/mol. The van der Waals surface area contributed by atoms with Crippen molar-refractivity contribution in [2.45, 2.75) is 12.3 Å². The maximum atomic E-state index is 12.9. The van der Waals surface area contributed by atoms with E-state index in [1.807, 2.05) is 4.90 Å². The fourth-order valence-electron chi connectivity index (χ4n) is 3.56. The Morgan fingerprint density at radius 1 is 0.968 bits per heavy atom. The number of anilines is 1. The molecule has 1 aliphatic heterocycles. The summed E-state index contributed by atoms with van der Waals surface area (Å²) in [6, 6.07) is 10.6. The third kappa shape index (κ3) is 5.95. The second-order valence-electron chi connectivity index (χ2n) is 7.29. The van der Waals surface area contributed by atoms with E-state index in [9.17, 15) is 18.3 Å². The molecule has 1 aliphatic rings. The minimum Gasteiger partial charge on any atom is -0.493 e. The Morgan fingerprint density at radius 3 is 2.16 bits per heavy atom. The van der Waals surface area contributed by atoms with Crippen LogP contribution in [0.2, 0.25) is 0 Å². The Balaban J connectivity index is 1.50. The number of aliphatic hydroxyl groups is 1. The van der Waals surface area contributed by atoms with Gasteiger partial charge in [0.25, 0.3) is 0 Å². The predicted octanol–water partition coefficient (Wildman–Crippen LogP) is 3.28. The maximum absolute atomic E-state index is 12.9. The topological polar surface area (TPSA) is 54.4 Å². The van der Waals surface area contributed by atoms with E-state index < -0.39 is 17.8 Å². The monoisotopic (exact) mass is 440 g/mol. The molecular weight excluding hydrogens is 413 g/mol. The number of hydrogen-bond donors (Lipinski definition) is 1. The van der Waals surface area contributed by atoms with Crippen molar-refractivity contribution in [3.8, 4) is 17.2 Å². The lowest BCUT2D eigenvalue weighted by atomic mass is 10.1. The Morgan fingerprint density at radius 2 is 1.58 bits per heavy atom. The second-order valence-corrected chi connectivity index (χ2v) is 7.29. The third-order valence-corrected chi connectivity index (χ3v) is 5.18. The van der Waals surface area contributed by atoms with E-state index in [-0.39, 0.29) is 6.61 Å². The van der Waals surface area contributed by atoms with Gasteiger partial charge in [-0.15, -0.1) is 0 Å². The Hall–Kier alpha value is -2.65. The zero-order valence-corrected chi connectivity index (χ0v) is 17.6. The molecule has 2 aromatic rings. The van der Waals surface area contributed by atoms with Crippen LogP contribution in [0.5, 0.6) is 17.2 Å². The van der Waals surface area contributed by atoms with Gasteiger partial charge in [-0.1, -0.05) is 12.1 Å². The summed E-state index contributed by atoms with van der Waals surface area (Å²) in [5.74, 6) is 1.46. The van der Waals surface area contributed by atoms with Crippen LogP contribution in [0.25, 0.3) is 0 Å². The lowest BCUT2D eigenvalue weighted by Gasteiger charge is -2.37. The summed E-state index contributed by atoms with van der Waals surface area (Å²) in [7, 11) is 3.06. The molecule has 0 radical (unpaired) electrons. The van der Waals surface area contributed by atoms with E-state index in [1.165, 1.54) is 26.4 Å². The number of halogens is 3. The summed E-state index contributed by atoms with van der Waals surface area (Å²) in [5, 5.41) is 10.4. The summed E-state index contributed by atoms with van der Waals surface area (Å²) >= 11 is 0. The molecular formula is C22H27F3N2O4. The quantitative estimate of drug-likeness (QED) is 0.680. The Kier molecular flexibility index (Phi) is 7.50. The number of alkyl halides is 3. The summed E-state index contributed by atoms with van der Waals surface area (Å²) in [6.45, 7) is 2.87. The van der Waals surface area contributed by atoms with Crippen LogP contribution in [-0.2, 0) is 6.18 Å². The van der Waals surface area contributed by atoms with Crippen molar-refractivity contribution in [2.24, 2.45) is 0 Å². The molecule has 0 aromatic heterocycles. The van der Waals surface area contributed by atoms with Crippen LogP contribution < -0.4 is 19.1 Å². The van der Waals surface area contributed by atoms with Crippen molar-refractivity contribution in [1.29, 1.82) is 0 Å². The zero-order valence-electron chi connectivity index (χ0n) is 17.6. The smallest absolute Gasteiger partial charge is 0.416 e. The van der Waals surface area contributed by atoms with Gasteiger partial charge in [-0.05, 0) is 30.3 Å². The van der Waals surface area contributed by atoms with Crippen LogP contribution in [-0.4, -0.2) is 69.7 Å². The number of piperazine rings is 1. The number of para-hydroxylation sites is 1.